The maximum Gasteiger partial charge on any atom is 0.258 e. The van der Waals surface area contributed by atoms with Crippen molar-refractivity contribution in [1.29, 1.82) is 0 Å². The van der Waals surface area contributed by atoms with E-state index in [2.05, 4.69) is 9.97 Å². The molecule has 0 aliphatic rings. The van der Waals surface area contributed by atoms with Crippen molar-refractivity contribution in [3.63, 3.8) is 0 Å². The molecule has 6 heteroatoms. The summed E-state index contributed by atoms with van der Waals surface area (Å²) in [4.78, 5) is 20.9. The van der Waals surface area contributed by atoms with E-state index in [9.17, 15) is 9.18 Å². The minimum absolute atomic E-state index is 0.117. The van der Waals surface area contributed by atoms with Gasteiger partial charge in [0.2, 0.25) is 0 Å². The zero-order valence-electron chi connectivity index (χ0n) is 12.2. The third kappa shape index (κ3) is 2.55. The number of nitrogens with zero attached hydrogens (tertiary/aromatic N) is 3. The second-order valence-corrected chi connectivity index (χ2v) is 4.94. The van der Waals surface area contributed by atoms with Gasteiger partial charge in [0.25, 0.3) is 5.56 Å². The van der Waals surface area contributed by atoms with Gasteiger partial charge in [0.15, 0.2) is 11.6 Å². The van der Waals surface area contributed by atoms with Gasteiger partial charge in [-0.2, -0.15) is 0 Å². The molecule has 112 valence electrons. The molecule has 0 N–H and O–H groups in total. The number of rotatable bonds is 3. The Morgan fingerprint density at radius 1 is 1.32 bits per heavy atom. The van der Waals surface area contributed by atoms with Crippen LogP contribution in [-0.2, 0) is 6.54 Å². The molecule has 5 nitrogen and oxygen atoms in total. The van der Waals surface area contributed by atoms with Crippen molar-refractivity contribution in [2.24, 2.45) is 0 Å². The molecule has 0 saturated carbocycles. The summed E-state index contributed by atoms with van der Waals surface area (Å²) < 4.78 is 20.2. The van der Waals surface area contributed by atoms with E-state index in [0.29, 0.717) is 16.6 Å². The Morgan fingerprint density at radius 3 is 2.86 bits per heavy atom. The van der Waals surface area contributed by atoms with E-state index in [1.54, 1.807) is 24.5 Å². The quantitative estimate of drug-likeness (QED) is 0.744. The van der Waals surface area contributed by atoms with Gasteiger partial charge in [-0.3, -0.25) is 4.79 Å². The van der Waals surface area contributed by atoms with Crippen LogP contribution in [0.3, 0.4) is 0 Å². The van der Waals surface area contributed by atoms with E-state index in [0.717, 1.165) is 5.69 Å². The molecule has 0 saturated heterocycles. The fraction of sp³-hybridized carbons (Fsp3) is 0.188. The topological polar surface area (TPSA) is 57.0 Å². The molecule has 0 bridgehead atoms. The summed E-state index contributed by atoms with van der Waals surface area (Å²) in [5.41, 5.74) is 0.541. The number of benzene rings is 1. The molecular formula is C16H14FN3O2. The maximum atomic E-state index is 13.8. The van der Waals surface area contributed by atoms with Crippen molar-refractivity contribution in [1.82, 2.24) is 14.5 Å². The highest BCUT2D eigenvalue weighted by Gasteiger charge is 2.10. The Morgan fingerprint density at radius 2 is 2.14 bits per heavy atom. The molecule has 0 fully saturated rings. The standard InChI is InChI=1S/C16H14FN3O2/c1-10-3-5-18-15(19-10)9-20-6-4-11-7-14(22-2)13(17)8-12(11)16(20)21/h3-8H,9H2,1-2H3. The van der Waals surface area contributed by atoms with Crippen LogP contribution in [0.1, 0.15) is 11.5 Å². The van der Waals surface area contributed by atoms with Crippen molar-refractivity contribution in [2.45, 2.75) is 13.5 Å². The summed E-state index contributed by atoms with van der Waals surface area (Å²) >= 11 is 0. The maximum absolute atomic E-state index is 13.8. The Balaban J connectivity index is 2.08. The van der Waals surface area contributed by atoms with E-state index in [1.165, 1.54) is 23.8 Å². The van der Waals surface area contributed by atoms with Crippen LogP contribution in [0, 0.1) is 12.7 Å². The lowest BCUT2D eigenvalue weighted by molar-refractivity contribution is 0.387. The first-order valence-electron chi connectivity index (χ1n) is 6.73. The number of hydrogen-bond donors (Lipinski definition) is 0. The van der Waals surface area contributed by atoms with Gasteiger partial charge in [-0.25, -0.2) is 14.4 Å². The number of pyridine rings is 1. The molecule has 2 heterocycles. The molecule has 0 spiro atoms. The third-order valence-electron chi connectivity index (χ3n) is 3.41. The largest absolute Gasteiger partial charge is 0.494 e. The van der Waals surface area contributed by atoms with Crippen LogP contribution in [0.4, 0.5) is 4.39 Å². The van der Waals surface area contributed by atoms with Crippen LogP contribution < -0.4 is 10.3 Å². The first-order chi connectivity index (χ1) is 10.6. The van der Waals surface area contributed by atoms with E-state index < -0.39 is 5.82 Å². The highest BCUT2D eigenvalue weighted by molar-refractivity contribution is 5.83. The fourth-order valence-electron chi connectivity index (χ4n) is 2.30. The van der Waals surface area contributed by atoms with Crippen molar-refractivity contribution in [3.8, 4) is 5.75 Å². The van der Waals surface area contributed by atoms with Gasteiger partial charge in [0.1, 0.15) is 5.82 Å². The molecule has 0 amide bonds. The van der Waals surface area contributed by atoms with Crippen molar-refractivity contribution < 1.29 is 9.13 Å². The van der Waals surface area contributed by atoms with Gasteiger partial charge in [0, 0.05) is 18.1 Å². The Bertz CT molecular complexity index is 906. The van der Waals surface area contributed by atoms with Crippen LogP contribution in [0.2, 0.25) is 0 Å². The first kappa shape index (κ1) is 14.2. The van der Waals surface area contributed by atoms with E-state index in [-0.39, 0.29) is 17.9 Å². The van der Waals surface area contributed by atoms with Crippen LogP contribution in [0.5, 0.6) is 5.75 Å². The van der Waals surface area contributed by atoms with Gasteiger partial charge < -0.3 is 9.30 Å². The van der Waals surface area contributed by atoms with Crippen LogP contribution >= 0.6 is 0 Å². The van der Waals surface area contributed by atoms with E-state index >= 15 is 0 Å². The Hall–Kier alpha value is -2.76. The summed E-state index contributed by atoms with van der Waals surface area (Å²) in [6.45, 7) is 2.10. The molecule has 3 aromatic rings. The van der Waals surface area contributed by atoms with Crippen molar-refractivity contribution in [3.05, 3.63) is 64.3 Å². The molecule has 0 aliphatic carbocycles. The number of halogens is 1. The van der Waals surface area contributed by atoms with Crippen LogP contribution in [0.15, 0.2) is 41.5 Å². The number of aromatic nitrogens is 3. The fourth-order valence-corrected chi connectivity index (χ4v) is 2.30. The van der Waals surface area contributed by atoms with Gasteiger partial charge in [-0.1, -0.05) is 0 Å². The van der Waals surface area contributed by atoms with Crippen molar-refractivity contribution >= 4 is 10.8 Å². The highest BCUT2D eigenvalue weighted by Crippen LogP contribution is 2.22. The second kappa shape index (κ2) is 5.55. The number of ether oxygens (including phenoxy) is 1. The zero-order valence-corrected chi connectivity index (χ0v) is 12.2. The third-order valence-corrected chi connectivity index (χ3v) is 3.41. The number of aryl methyl sites for hydroxylation is 1. The monoisotopic (exact) mass is 299 g/mol. The van der Waals surface area contributed by atoms with Gasteiger partial charge in [-0.05, 0) is 36.6 Å². The normalized spacial score (nSPS) is 10.9. The minimum Gasteiger partial charge on any atom is -0.494 e. The first-order valence-corrected chi connectivity index (χ1v) is 6.73. The molecule has 0 radical (unpaired) electrons. The Labute approximate surface area is 126 Å². The number of methoxy groups -OCH3 is 1. The lowest BCUT2D eigenvalue weighted by Gasteiger charge is -2.08. The minimum atomic E-state index is -0.559. The molecular weight excluding hydrogens is 285 g/mol. The molecule has 1 aromatic carbocycles. The number of fused-ring (bicyclic) bond motifs is 1. The smallest absolute Gasteiger partial charge is 0.258 e. The SMILES string of the molecule is COc1cc2ccn(Cc3nccc(C)n3)c(=O)c2cc1F. The Kier molecular flexibility index (Phi) is 3.58. The van der Waals surface area contributed by atoms with E-state index in [4.69, 9.17) is 4.74 Å². The van der Waals surface area contributed by atoms with E-state index in [1.807, 2.05) is 6.92 Å². The predicted molar refractivity (Wildman–Crippen MR) is 80.6 cm³/mol. The summed E-state index contributed by atoms with van der Waals surface area (Å²) in [5, 5.41) is 0.929. The molecule has 3 rings (SSSR count). The van der Waals surface area contributed by atoms with Gasteiger partial charge in [0.05, 0.1) is 19.0 Å². The molecule has 2 aromatic heterocycles. The van der Waals surface area contributed by atoms with Gasteiger partial charge >= 0.3 is 0 Å². The van der Waals surface area contributed by atoms with Gasteiger partial charge in [-0.15, -0.1) is 0 Å². The zero-order chi connectivity index (χ0) is 15.7. The molecule has 22 heavy (non-hydrogen) atoms. The predicted octanol–water partition coefficient (Wildman–Crippen LogP) is 2.30. The summed E-state index contributed by atoms with van der Waals surface area (Å²) in [5.74, 6) is 0.0961. The van der Waals surface area contributed by atoms with Crippen molar-refractivity contribution in [2.75, 3.05) is 7.11 Å². The highest BCUT2D eigenvalue weighted by atomic mass is 19.1. The molecule has 0 atom stereocenters. The lowest BCUT2D eigenvalue weighted by Crippen LogP contribution is -2.21. The summed E-state index contributed by atoms with van der Waals surface area (Å²) in [6, 6.07) is 6.24. The average Bonchev–Trinajstić information content (AvgIpc) is 2.50. The summed E-state index contributed by atoms with van der Waals surface area (Å²) in [7, 11) is 1.39. The van der Waals surface area contributed by atoms with Crippen LogP contribution in [-0.4, -0.2) is 21.6 Å². The number of hydrogen-bond acceptors (Lipinski definition) is 4. The molecule has 0 aliphatic heterocycles. The average molecular weight is 299 g/mol. The lowest BCUT2D eigenvalue weighted by atomic mass is 10.1. The second-order valence-electron chi connectivity index (χ2n) is 4.94. The molecule has 0 unspecified atom stereocenters. The summed E-state index contributed by atoms with van der Waals surface area (Å²) in [6.07, 6.45) is 3.29. The van der Waals surface area contributed by atoms with Crippen LogP contribution in [0.25, 0.3) is 10.8 Å².